The number of aliphatic hydroxyl groups excluding tert-OH is 1. The molecule has 0 aliphatic rings. The summed E-state index contributed by atoms with van der Waals surface area (Å²) in [4.78, 5) is 0. The number of halogens is 2. The summed E-state index contributed by atoms with van der Waals surface area (Å²) in [5, 5.41) is 10.2. The van der Waals surface area contributed by atoms with Gasteiger partial charge in [-0.2, -0.15) is 0 Å². The molecule has 1 unspecified atom stereocenters. The molecule has 0 aliphatic heterocycles. The van der Waals surface area contributed by atoms with Crippen molar-refractivity contribution >= 4 is 27.5 Å². The Labute approximate surface area is 91.2 Å². The lowest BCUT2D eigenvalue weighted by atomic mass is 10.1. The molecule has 0 radical (unpaired) electrons. The van der Waals surface area contributed by atoms with Crippen molar-refractivity contribution in [3.8, 4) is 0 Å². The largest absolute Gasteiger partial charge is 0.388 e. The molecule has 0 heterocycles. The first-order valence-electron chi connectivity index (χ1n) is 3.89. The van der Waals surface area contributed by atoms with Crippen LogP contribution in [0.1, 0.15) is 18.1 Å². The average molecular weight is 262 g/mol. The molecule has 0 saturated heterocycles. The van der Waals surface area contributed by atoms with E-state index in [9.17, 15) is 5.11 Å². The van der Waals surface area contributed by atoms with Gasteiger partial charge in [0.05, 0.1) is 11.1 Å². The topological polar surface area (TPSA) is 20.2 Å². The molecule has 1 aromatic carbocycles. The number of hydrogen-bond donors (Lipinski definition) is 1. The van der Waals surface area contributed by atoms with Crippen LogP contribution in [0.3, 0.4) is 0 Å². The maximum atomic E-state index is 9.59. The van der Waals surface area contributed by atoms with E-state index < -0.39 is 6.10 Å². The van der Waals surface area contributed by atoms with Crippen molar-refractivity contribution in [3.63, 3.8) is 0 Å². The van der Waals surface area contributed by atoms with Gasteiger partial charge in [0.15, 0.2) is 0 Å². The quantitative estimate of drug-likeness (QED) is 0.822. The van der Waals surface area contributed by atoms with E-state index >= 15 is 0 Å². The van der Waals surface area contributed by atoms with Gasteiger partial charge < -0.3 is 5.11 Å². The van der Waals surface area contributed by atoms with Crippen molar-refractivity contribution in [3.05, 3.63) is 45.9 Å². The highest BCUT2D eigenvalue weighted by Crippen LogP contribution is 2.27. The highest BCUT2D eigenvalue weighted by molar-refractivity contribution is 9.10. The molecule has 3 heteroatoms. The Bertz CT molecular complexity index is 312. The van der Waals surface area contributed by atoms with Crippen molar-refractivity contribution in [2.75, 3.05) is 0 Å². The highest BCUT2D eigenvalue weighted by atomic mass is 79.9. The summed E-state index contributed by atoms with van der Waals surface area (Å²) < 4.78 is 0.837. The molecule has 0 aromatic heterocycles. The van der Waals surface area contributed by atoms with E-state index in [0.29, 0.717) is 11.4 Å². The molecule has 1 rings (SSSR count). The van der Waals surface area contributed by atoms with Crippen LogP contribution in [-0.2, 0) is 0 Å². The summed E-state index contributed by atoms with van der Waals surface area (Å²) in [5.41, 5.74) is 0.813. The maximum absolute atomic E-state index is 9.59. The lowest BCUT2D eigenvalue weighted by Crippen LogP contribution is -1.95. The van der Waals surface area contributed by atoms with Crippen molar-refractivity contribution in [1.29, 1.82) is 0 Å². The van der Waals surface area contributed by atoms with Crippen LogP contribution in [0.5, 0.6) is 0 Å². The van der Waals surface area contributed by atoms with Crippen molar-refractivity contribution in [1.82, 2.24) is 0 Å². The third-order valence-corrected chi connectivity index (χ3v) is 2.95. The summed E-state index contributed by atoms with van der Waals surface area (Å²) in [5.74, 6) is 0. The van der Waals surface area contributed by atoms with E-state index in [1.54, 1.807) is 12.1 Å². The van der Waals surface area contributed by atoms with E-state index in [1.165, 1.54) is 0 Å². The number of aliphatic hydroxyl groups is 1. The molecule has 1 aromatic rings. The van der Waals surface area contributed by atoms with Gasteiger partial charge in [0.2, 0.25) is 0 Å². The molecule has 0 fully saturated rings. The summed E-state index contributed by atoms with van der Waals surface area (Å²) in [7, 11) is 0. The van der Waals surface area contributed by atoms with E-state index in [2.05, 4.69) is 22.5 Å². The Kier molecular flexibility index (Phi) is 3.97. The van der Waals surface area contributed by atoms with Crippen LogP contribution in [-0.4, -0.2) is 5.11 Å². The molecule has 1 atom stereocenters. The van der Waals surface area contributed by atoms with Crippen LogP contribution in [0.4, 0.5) is 0 Å². The standard InChI is InChI=1S/C10H10BrClO/c1-2-3-10(13)7-4-5-8(11)9(12)6-7/h2,4-6,10,13H,1,3H2. The van der Waals surface area contributed by atoms with Gasteiger partial charge in [-0.1, -0.05) is 23.7 Å². The lowest BCUT2D eigenvalue weighted by molar-refractivity contribution is 0.181. The molecule has 0 spiro atoms. The molecular weight excluding hydrogens is 251 g/mol. The van der Waals surface area contributed by atoms with Gasteiger partial charge in [-0.25, -0.2) is 0 Å². The first kappa shape index (κ1) is 10.8. The predicted molar refractivity (Wildman–Crippen MR) is 58.9 cm³/mol. The highest BCUT2D eigenvalue weighted by Gasteiger charge is 2.06. The summed E-state index contributed by atoms with van der Waals surface area (Å²) in [6.45, 7) is 3.56. The van der Waals surface area contributed by atoms with Gasteiger partial charge in [-0.15, -0.1) is 6.58 Å². The maximum Gasteiger partial charge on any atom is 0.0824 e. The van der Waals surface area contributed by atoms with E-state index in [4.69, 9.17) is 11.6 Å². The second kappa shape index (κ2) is 4.80. The minimum absolute atomic E-state index is 0.511. The van der Waals surface area contributed by atoms with Crippen molar-refractivity contribution < 1.29 is 5.11 Å². The second-order valence-electron chi connectivity index (χ2n) is 2.71. The van der Waals surface area contributed by atoms with Gasteiger partial charge in [0.1, 0.15) is 0 Å². The van der Waals surface area contributed by atoms with Crippen LogP contribution in [0.15, 0.2) is 35.3 Å². The minimum atomic E-state index is -0.511. The van der Waals surface area contributed by atoms with E-state index in [0.717, 1.165) is 10.0 Å². The van der Waals surface area contributed by atoms with E-state index in [1.807, 2.05) is 12.1 Å². The summed E-state index contributed by atoms with van der Waals surface area (Å²) >= 11 is 9.16. The van der Waals surface area contributed by atoms with Gasteiger partial charge in [-0.3, -0.25) is 0 Å². The molecule has 13 heavy (non-hydrogen) atoms. The fourth-order valence-electron chi connectivity index (χ4n) is 1.01. The van der Waals surface area contributed by atoms with Crippen LogP contribution < -0.4 is 0 Å². The fraction of sp³-hybridized carbons (Fsp3) is 0.200. The molecule has 0 saturated carbocycles. The van der Waals surface area contributed by atoms with Gasteiger partial charge in [0.25, 0.3) is 0 Å². The third kappa shape index (κ3) is 2.83. The SMILES string of the molecule is C=CCC(O)c1ccc(Br)c(Cl)c1. The summed E-state index contributed by atoms with van der Waals surface area (Å²) in [6, 6.07) is 5.41. The Hall–Kier alpha value is -0.310. The lowest BCUT2D eigenvalue weighted by Gasteiger charge is -2.08. The van der Waals surface area contributed by atoms with Gasteiger partial charge in [0, 0.05) is 4.47 Å². The molecule has 0 bridgehead atoms. The third-order valence-electron chi connectivity index (χ3n) is 1.72. The summed E-state index contributed by atoms with van der Waals surface area (Å²) in [6.07, 6.45) is 1.71. The number of rotatable bonds is 3. The molecular formula is C10H10BrClO. The Morgan fingerprint density at radius 2 is 2.31 bits per heavy atom. The van der Waals surface area contributed by atoms with Crippen molar-refractivity contribution in [2.45, 2.75) is 12.5 Å². The van der Waals surface area contributed by atoms with Crippen LogP contribution in [0.25, 0.3) is 0 Å². The molecule has 70 valence electrons. The Morgan fingerprint density at radius 1 is 1.62 bits per heavy atom. The number of hydrogen-bond acceptors (Lipinski definition) is 1. The minimum Gasteiger partial charge on any atom is -0.388 e. The van der Waals surface area contributed by atoms with Crippen LogP contribution >= 0.6 is 27.5 Å². The smallest absolute Gasteiger partial charge is 0.0824 e. The zero-order valence-electron chi connectivity index (χ0n) is 7.00. The molecule has 0 amide bonds. The molecule has 1 N–H and O–H groups in total. The monoisotopic (exact) mass is 260 g/mol. The Balaban J connectivity index is 2.89. The fourth-order valence-corrected chi connectivity index (χ4v) is 1.45. The normalized spacial score (nSPS) is 12.5. The first-order chi connectivity index (χ1) is 6.15. The van der Waals surface area contributed by atoms with E-state index in [-0.39, 0.29) is 0 Å². The van der Waals surface area contributed by atoms with Gasteiger partial charge in [-0.05, 0) is 40.0 Å². The average Bonchev–Trinajstić information content (AvgIpc) is 2.10. The second-order valence-corrected chi connectivity index (χ2v) is 3.98. The van der Waals surface area contributed by atoms with Crippen LogP contribution in [0, 0.1) is 0 Å². The van der Waals surface area contributed by atoms with Gasteiger partial charge >= 0.3 is 0 Å². The number of benzene rings is 1. The Morgan fingerprint density at radius 3 is 2.85 bits per heavy atom. The zero-order chi connectivity index (χ0) is 9.84. The zero-order valence-corrected chi connectivity index (χ0v) is 9.35. The predicted octanol–water partition coefficient (Wildman–Crippen LogP) is 3.71. The van der Waals surface area contributed by atoms with Crippen molar-refractivity contribution in [2.24, 2.45) is 0 Å². The molecule has 0 aliphatic carbocycles. The van der Waals surface area contributed by atoms with Crippen LogP contribution in [0.2, 0.25) is 5.02 Å². The first-order valence-corrected chi connectivity index (χ1v) is 5.06. The molecule has 1 nitrogen and oxygen atoms in total.